The van der Waals surface area contributed by atoms with E-state index in [0.717, 1.165) is 12.1 Å². The molecule has 0 saturated heterocycles. The Hall–Kier alpha value is -2.58. The molecular weight excluding hydrogens is 385 g/mol. The fourth-order valence-corrected chi connectivity index (χ4v) is 4.06. The lowest BCUT2D eigenvalue weighted by molar-refractivity contribution is 0.0318. The molecule has 1 atom stereocenters. The summed E-state index contributed by atoms with van der Waals surface area (Å²) in [5, 5.41) is 0. The van der Waals surface area contributed by atoms with Crippen LogP contribution in [0.15, 0.2) is 53.4 Å². The Labute approximate surface area is 164 Å². The summed E-state index contributed by atoms with van der Waals surface area (Å²) in [6, 6.07) is 10.3. The lowest BCUT2D eigenvalue weighted by Crippen LogP contribution is -2.30. The van der Waals surface area contributed by atoms with Gasteiger partial charge in [0.05, 0.1) is 10.5 Å². The van der Waals surface area contributed by atoms with E-state index < -0.39 is 33.7 Å². The van der Waals surface area contributed by atoms with Gasteiger partial charge in [-0.25, -0.2) is 17.6 Å². The van der Waals surface area contributed by atoms with Crippen molar-refractivity contribution in [2.45, 2.75) is 31.8 Å². The largest absolute Gasteiger partial charge is 0.451 e. The van der Waals surface area contributed by atoms with Crippen LogP contribution >= 0.6 is 0 Å². The van der Waals surface area contributed by atoms with E-state index in [1.165, 1.54) is 47.6 Å². The predicted octanol–water partition coefficient (Wildman–Crippen LogP) is 3.28. The SMILES string of the molecule is CCN(CC)S(=O)(=O)c1ccc(C(=O)O[C@@H](C)C(=O)c2ccc(F)cc2)cc1. The number of carbonyl (C=O) groups is 2. The van der Waals surface area contributed by atoms with E-state index in [1.807, 2.05) is 0 Å². The standard InChI is InChI=1S/C20H22FNO5S/c1-4-22(5-2)28(25,26)18-12-8-16(9-13-18)20(24)27-14(3)19(23)15-6-10-17(21)11-7-15/h6-14H,4-5H2,1-3H3/t14-/m0/s1. The van der Waals surface area contributed by atoms with Crippen LogP contribution in [0.2, 0.25) is 0 Å². The number of esters is 1. The summed E-state index contributed by atoms with van der Waals surface area (Å²) in [6.07, 6.45) is -1.07. The van der Waals surface area contributed by atoms with E-state index in [2.05, 4.69) is 0 Å². The quantitative estimate of drug-likeness (QED) is 0.496. The van der Waals surface area contributed by atoms with Crippen molar-refractivity contribution in [2.75, 3.05) is 13.1 Å². The first-order chi connectivity index (χ1) is 13.2. The van der Waals surface area contributed by atoms with Crippen LogP contribution in [-0.2, 0) is 14.8 Å². The summed E-state index contributed by atoms with van der Waals surface area (Å²) in [4.78, 5) is 24.6. The van der Waals surface area contributed by atoms with Gasteiger partial charge in [-0.05, 0) is 55.5 Å². The van der Waals surface area contributed by atoms with Gasteiger partial charge in [0.1, 0.15) is 5.82 Å². The van der Waals surface area contributed by atoms with Gasteiger partial charge in [-0.2, -0.15) is 4.31 Å². The van der Waals surface area contributed by atoms with Gasteiger partial charge in [0.15, 0.2) is 6.10 Å². The zero-order valence-corrected chi connectivity index (χ0v) is 16.7. The summed E-state index contributed by atoms with van der Waals surface area (Å²) in [7, 11) is -3.62. The molecule has 0 aliphatic heterocycles. The maximum Gasteiger partial charge on any atom is 0.338 e. The third-order valence-corrected chi connectivity index (χ3v) is 6.28. The number of hydrogen-bond acceptors (Lipinski definition) is 5. The Morgan fingerprint density at radius 3 is 1.96 bits per heavy atom. The highest BCUT2D eigenvalue weighted by atomic mass is 32.2. The van der Waals surface area contributed by atoms with Gasteiger partial charge in [0.2, 0.25) is 15.8 Å². The molecule has 0 unspecified atom stereocenters. The number of ketones is 1. The van der Waals surface area contributed by atoms with Crippen molar-refractivity contribution in [2.24, 2.45) is 0 Å². The number of rotatable bonds is 8. The molecule has 0 bridgehead atoms. The van der Waals surface area contributed by atoms with E-state index in [0.29, 0.717) is 13.1 Å². The Morgan fingerprint density at radius 1 is 0.964 bits per heavy atom. The van der Waals surface area contributed by atoms with Gasteiger partial charge in [-0.3, -0.25) is 4.79 Å². The summed E-state index contributed by atoms with van der Waals surface area (Å²) in [5.41, 5.74) is 0.347. The summed E-state index contributed by atoms with van der Waals surface area (Å²) in [5.74, 6) is -1.69. The van der Waals surface area contributed by atoms with Crippen LogP contribution in [0, 0.1) is 5.82 Å². The molecule has 2 rings (SSSR count). The van der Waals surface area contributed by atoms with Crippen molar-refractivity contribution in [3.63, 3.8) is 0 Å². The van der Waals surface area contributed by atoms with Crippen LogP contribution in [-0.4, -0.2) is 43.7 Å². The van der Waals surface area contributed by atoms with Gasteiger partial charge in [-0.1, -0.05) is 13.8 Å². The van der Waals surface area contributed by atoms with Gasteiger partial charge in [0.25, 0.3) is 0 Å². The van der Waals surface area contributed by atoms with Crippen molar-refractivity contribution >= 4 is 21.8 Å². The van der Waals surface area contributed by atoms with Crippen molar-refractivity contribution in [3.8, 4) is 0 Å². The summed E-state index contributed by atoms with van der Waals surface area (Å²) in [6.45, 7) is 5.58. The predicted molar refractivity (Wildman–Crippen MR) is 102 cm³/mol. The normalized spacial score (nSPS) is 12.6. The van der Waals surface area contributed by atoms with Gasteiger partial charge in [-0.15, -0.1) is 0 Å². The third-order valence-electron chi connectivity index (χ3n) is 4.21. The lowest BCUT2D eigenvalue weighted by atomic mass is 10.1. The van der Waals surface area contributed by atoms with Gasteiger partial charge < -0.3 is 4.74 Å². The molecule has 150 valence electrons. The van der Waals surface area contributed by atoms with Crippen LogP contribution < -0.4 is 0 Å². The zero-order valence-electron chi connectivity index (χ0n) is 15.9. The molecule has 0 heterocycles. The van der Waals surface area contributed by atoms with Gasteiger partial charge in [0, 0.05) is 18.7 Å². The minimum absolute atomic E-state index is 0.0724. The molecule has 8 heteroatoms. The highest BCUT2D eigenvalue weighted by Gasteiger charge is 2.23. The highest BCUT2D eigenvalue weighted by Crippen LogP contribution is 2.17. The van der Waals surface area contributed by atoms with Crippen LogP contribution in [0.25, 0.3) is 0 Å². The molecule has 0 aliphatic carbocycles. The smallest absolute Gasteiger partial charge is 0.338 e. The lowest BCUT2D eigenvalue weighted by Gasteiger charge is -2.18. The van der Waals surface area contributed by atoms with Crippen LogP contribution in [0.3, 0.4) is 0 Å². The molecule has 0 saturated carbocycles. The molecule has 28 heavy (non-hydrogen) atoms. The average Bonchev–Trinajstić information content (AvgIpc) is 2.68. The first kappa shape index (κ1) is 21.7. The first-order valence-electron chi connectivity index (χ1n) is 8.81. The number of carbonyl (C=O) groups excluding carboxylic acids is 2. The number of nitrogens with zero attached hydrogens (tertiary/aromatic N) is 1. The van der Waals surface area contributed by atoms with Crippen molar-refractivity contribution < 1.29 is 27.1 Å². The second-order valence-corrected chi connectivity index (χ2v) is 7.97. The average molecular weight is 407 g/mol. The summed E-state index contributed by atoms with van der Waals surface area (Å²) < 4.78 is 44.3. The second-order valence-electron chi connectivity index (χ2n) is 6.03. The van der Waals surface area contributed by atoms with Gasteiger partial charge >= 0.3 is 5.97 Å². The van der Waals surface area contributed by atoms with Crippen molar-refractivity contribution in [1.29, 1.82) is 0 Å². The Morgan fingerprint density at radius 2 is 1.46 bits per heavy atom. The number of benzene rings is 2. The maximum atomic E-state index is 13.0. The van der Waals surface area contributed by atoms with Crippen molar-refractivity contribution in [1.82, 2.24) is 4.31 Å². The van der Waals surface area contributed by atoms with E-state index >= 15 is 0 Å². The molecule has 0 aromatic heterocycles. The van der Waals surface area contributed by atoms with Crippen molar-refractivity contribution in [3.05, 3.63) is 65.5 Å². The molecule has 2 aromatic carbocycles. The first-order valence-corrected chi connectivity index (χ1v) is 10.3. The molecule has 0 fully saturated rings. The summed E-state index contributed by atoms with van der Waals surface area (Å²) >= 11 is 0. The van der Waals surface area contributed by atoms with E-state index in [9.17, 15) is 22.4 Å². The molecule has 0 spiro atoms. The van der Waals surface area contributed by atoms with Crippen LogP contribution in [0.5, 0.6) is 0 Å². The Balaban J connectivity index is 2.10. The highest BCUT2D eigenvalue weighted by molar-refractivity contribution is 7.89. The van der Waals surface area contributed by atoms with E-state index in [-0.39, 0.29) is 16.0 Å². The molecule has 0 amide bonds. The third kappa shape index (κ3) is 4.82. The Kier molecular flexibility index (Phi) is 7.04. The fraction of sp³-hybridized carbons (Fsp3) is 0.300. The molecule has 0 aliphatic rings. The fourth-order valence-electron chi connectivity index (χ4n) is 2.61. The topological polar surface area (TPSA) is 80.8 Å². The number of Topliss-reactive ketones (excluding diaryl/α,β-unsaturated/α-hetero) is 1. The maximum absolute atomic E-state index is 13.0. The monoisotopic (exact) mass is 407 g/mol. The molecule has 2 aromatic rings. The zero-order chi connectivity index (χ0) is 20.9. The number of sulfonamides is 1. The number of ether oxygens (including phenoxy) is 1. The van der Waals surface area contributed by atoms with E-state index in [1.54, 1.807) is 13.8 Å². The Bertz CT molecular complexity index is 936. The molecule has 6 nitrogen and oxygen atoms in total. The second kappa shape index (κ2) is 9.07. The number of halogens is 1. The van der Waals surface area contributed by atoms with E-state index in [4.69, 9.17) is 4.74 Å². The minimum Gasteiger partial charge on any atom is -0.451 e. The molecule has 0 radical (unpaired) electrons. The minimum atomic E-state index is -3.62. The van der Waals surface area contributed by atoms with Crippen LogP contribution in [0.4, 0.5) is 4.39 Å². The number of hydrogen-bond donors (Lipinski definition) is 0. The van der Waals surface area contributed by atoms with Crippen LogP contribution in [0.1, 0.15) is 41.5 Å². The molecular formula is C20H22FNO5S. The molecule has 0 N–H and O–H groups in total.